The second-order valence-corrected chi connectivity index (χ2v) is 7.42. The van der Waals surface area contributed by atoms with E-state index in [0.717, 1.165) is 37.9 Å². The lowest BCUT2D eigenvalue weighted by Crippen LogP contribution is -2.32. The average molecular weight is 346 g/mol. The van der Waals surface area contributed by atoms with Crippen molar-refractivity contribution >= 4 is 5.91 Å². The standard InChI is InChI=1S/C17H19FN4O3/c18-17(16-19-14(21-25-16)11-2-1-3-11)6-7-22(9-17)15(23)12-8-13(24-20-12)10-4-5-10/h8,10-11H,1-7,9H2. The molecule has 5 rings (SSSR count). The molecule has 1 saturated heterocycles. The molecule has 0 spiro atoms. The van der Waals surface area contributed by atoms with Crippen LogP contribution in [0, 0.1) is 0 Å². The molecule has 2 aromatic heterocycles. The van der Waals surface area contributed by atoms with E-state index < -0.39 is 5.67 Å². The zero-order valence-corrected chi connectivity index (χ0v) is 13.8. The van der Waals surface area contributed by atoms with Gasteiger partial charge < -0.3 is 13.9 Å². The van der Waals surface area contributed by atoms with E-state index in [-0.39, 0.29) is 36.4 Å². The summed E-state index contributed by atoms with van der Waals surface area (Å²) in [4.78, 5) is 18.3. The van der Waals surface area contributed by atoms with Gasteiger partial charge in [-0.1, -0.05) is 16.7 Å². The van der Waals surface area contributed by atoms with E-state index in [9.17, 15) is 4.79 Å². The summed E-state index contributed by atoms with van der Waals surface area (Å²) >= 11 is 0. The van der Waals surface area contributed by atoms with Crippen molar-refractivity contribution in [1.82, 2.24) is 20.2 Å². The molecule has 2 aliphatic carbocycles. The fourth-order valence-electron chi connectivity index (χ4n) is 3.48. The van der Waals surface area contributed by atoms with E-state index in [1.807, 2.05) is 0 Å². The number of carbonyl (C=O) groups excluding carboxylic acids is 1. The van der Waals surface area contributed by atoms with Crippen LogP contribution in [0.25, 0.3) is 0 Å². The number of hydrogen-bond acceptors (Lipinski definition) is 6. The summed E-state index contributed by atoms with van der Waals surface area (Å²) in [6.07, 6.45) is 5.49. The van der Waals surface area contributed by atoms with Gasteiger partial charge in [-0.05, 0) is 25.7 Å². The topological polar surface area (TPSA) is 85.3 Å². The molecule has 3 fully saturated rings. The Labute approximate surface area is 143 Å². The molecule has 1 unspecified atom stereocenters. The number of alkyl halides is 1. The Morgan fingerprint density at radius 2 is 2.04 bits per heavy atom. The van der Waals surface area contributed by atoms with Crippen LogP contribution in [0.2, 0.25) is 0 Å². The van der Waals surface area contributed by atoms with Crippen molar-refractivity contribution in [2.75, 3.05) is 13.1 Å². The zero-order valence-electron chi connectivity index (χ0n) is 13.8. The molecule has 25 heavy (non-hydrogen) atoms. The van der Waals surface area contributed by atoms with Crippen LogP contribution in [-0.4, -0.2) is 39.2 Å². The van der Waals surface area contributed by atoms with Crippen molar-refractivity contribution in [2.24, 2.45) is 0 Å². The fraction of sp³-hybridized carbons (Fsp3) is 0.647. The molecular formula is C17H19FN4O3. The number of aromatic nitrogens is 3. The number of nitrogens with zero attached hydrogens (tertiary/aromatic N) is 4. The molecule has 0 aromatic carbocycles. The van der Waals surface area contributed by atoms with Crippen LogP contribution in [-0.2, 0) is 5.67 Å². The second kappa shape index (κ2) is 5.37. The van der Waals surface area contributed by atoms with E-state index >= 15 is 4.39 Å². The summed E-state index contributed by atoms with van der Waals surface area (Å²) < 4.78 is 25.7. The minimum Gasteiger partial charge on any atom is -0.360 e. The van der Waals surface area contributed by atoms with Crippen molar-refractivity contribution < 1.29 is 18.2 Å². The molecule has 0 bridgehead atoms. The van der Waals surface area contributed by atoms with Crippen molar-refractivity contribution in [3.63, 3.8) is 0 Å². The predicted octanol–water partition coefficient (Wildman–Crippen LogP) is 2.91. The van der Waals surface area contributed by atoms with Gasteiger partial charge in [0.25, 0.3) is 11.8 Å². The first-order valence-corrected chi connectivity index (χ1v) is 8.91. The lowest BCUT2D eigenvalue weighted by Gasteiger charge is -2.21. The van der Waals surface area contributed by atoms with Gasteiger partial charge >= 0.3 is 0 Å². The van der Waals surface area contributed by atoms with E-state index in [1.54, 1.807) is 6.07 Å². The molecule has 1 aliphatic heterocycles. The molecule has 8 heteroatoms. The number of amides is 1. The summed E-state index contributed by atoms with van der Waals surface area (Å²) in [6.45, 7) is 0.200. The number of rotatable bonds is 4. The van der Waals surface area contributed by atoms with Gasteiger partial charge in [0, 0.05) is 30.9 Å². The third kappa shape index (κ3) is 2.54. The largest absolute Gasteiger partial charge is 0.360 e. The van der Waals surface area contributed by atoms with E-state index in [1.165, 1.54) is 4.90 Å². The van der Waals surface area contributed by atoms with Crippen LogP contribution in [0.3, 0.4) is 0 Å². The summed E-state index contributed by atoms with van der Waals surface area (Å²) in [6, 6.07) is 1.68. The molecule has 2 aromatic rings. The van der Waals surface area contributed by atoms with Crippen molar-refractivity contribution in [3.8, 4) is 0 Å². The van der Waals surface area contributed by atoms with Crippen LogP contribution < -0.4 is 0 Å². The maximum Gasteiger partial charge on any atom is 0.276 e. The molecule has 7 nitrogen and oxygen atoms in total. The molecule has 0 N–H and O–H groups in total. The van der Waals surface area contributed by atoms with Gasteiger partial charge in [-0.25, -0.2) is 4.39 Å². The Hall–Kier alpha value is -2.25. The van der Waals surface area contributed by atoms with Gasteiger partial charge in [0.05, 0.1) is 6.54 Å². The lowest BCUT2D eigenvalue weighted by molar-refractivity contribution is 0.0707. The van der Waals surface area contributed by atoms with Gasteiger partial charge in [0.2, 0.25) is 5.67 Å². The molecule has 3 aliphatic rings. The third-order valence-electron chi connectivity index (χ3n) is 5.53. The number of likely N-dealkylation sites (tertiary alicyclic amines) is 1. The highest BCUT2D eigenvalue weighted by Gasteiger charge is 2.47. The molecule has 2 saturated carbocycles. The fourth-order valence-corrected chi connectivity index (χ4v) is 3.48. The molecule has 1 amide bonds. The van der Waals surface area contributed by atoms with Gasteiger partial charge in [-0.3, -0.25) is 4.79 Å². The van der Waals surface area contributed by atoms with Gasteiger partial charge in [0.1, 0.15) is 5.76 Å². The van der Waals surface area contributed by atoms with Crippen LogP contribution in [0.4, 0.5) is 4.39 Å². The Balaban J connectivity index is 1.30. The summed E-state index contributed by atoms with van der Waals surface area (Å²) in [5.74, 6) is 1.69. The highest BCUT2D eigenvalue weighted by Crippen LogP contribution is 2.41. The van der Waals surface area contributed by atoms with Crippen molar-refractivity contribution in [1.29, 1.82) is 0 Å². The maximum atomic E-state index is 15.3. The number of hydrogen-bond donors (Lipinski definition) is 0. The van der Waals surface area contributed by atoms with Gasteiger partial charge in [-0.2, -0.15) is 4.98 Å². The van der Waals surface area contributed by atoms with Gasteiger partial charge in [0.15, 0.2) is 11.5 Å². The SMILES string of the molecule is O=C(c1cc(C2CC2)on1)N1CCC(F)(c2nc(C3CCC3)no2)C1. The first-order chi connectivity index (χ1) is 12.1. The summed E-state index contributed by atoms with van der Waals surface area (Å²) in [7, 11) is 0. The Bertz CT molecular complexity index is 810. The first kappa shape index (κ1) is 15.0. The predicted molar refractivity (Wildman–Crippen MR) is 82.7 cm³/mol. The minimum atomic E-state index is -1.78. The van der Waals surface area contributed by atoms with Crippen LogP contribution in [0.15, 0.2) is 15.1 Å². The zero-order chi connectivity index (χ0) is 17.0. The van der Waals surface area contributed by atoms with E-state index in [0.29, 0.717) is 18.3 Å². The molecule has 1 atom stereocenters. The Kier molecular flexibility index (Phi) is 3.23. The summed E-state index contributed by atoms with van der Waals surface area (Å²) in [5, 5.41) is 7.78. The van der Waals surface area contributed by atoms with Crippen LogP contribution >= 0.6 is 0 Å². The second-order valence-electron chi connectivity index (χ2n) is 7.42. The molecular weight excluding hydrogens is 327 g/mol. The molecule has 0 radical (unpaired) electrons. The number of carbonyl (C=O) groups is 1. The molecule has 3 heterocycles. The first-order valence-electron chi connectivity index (χ1n) is 8.91. The monoisotopic (exact) mass is 346 g/mol. The molecule has 132 valence electrons. The normalized spacial score (nSPS) is 26.8. The van der Waals surface area contributed by atoms with E-state index in [4.69, 9.17) is 9.05 Å². The van der Waals surface area contributed by atoms with Crippen molar-refractivity contribution in [3.05, 3.63) is 29.2 Å². The lowest BCUT2D eigenvalue weighted by atomic mass is 9.85. The summed E-state index contributed by atoms with van der Waals surface area (Å²) in [5.41, 5.74) is -1.54. The number of halogens is 1. The van der Waals surface area contributed by atoms with Crippen LogP contribution in [0.5, 0.6) is 0 Å². The smallest absolute Gasteiger partial charge is 0.276 e. The van der Waals surface area contributed by atoms with E-state index in [2.05, 4.69) is 15.3 Å². The average Bonchev–Trinajstić information content (AvgIpc) is 2.99. The minimum absolute atomic E-state index is 0.0106. The quantitative estimate of drug-likeness (QED) is 0.846. The Morgan fingerprint density at radius 1 is 1.20 bits per heavy atom. The third-order valence-corrected chi connectivity index (χ3v) is 5.53. The Morgan fingerprint density at radius 3 is 2.76 bits per heavy atom. The van der Waals surface area contributed by atoms with Crippen molar-refractivity contribution in [2.45, 2.75) is 56.0 Å². The maximum absolute atomic E-state index is 15.3. The highest BCUT2D eigenvalue weighted by atomic mass is 19.1. The highest BCUT2D eigenvalue weighted by molar-refractivity contribution is 5.92. The van der Waals surface area contributed by atoms with Gasteiger partial charge in [-0.15, -0.1) is 0 Å². The van der Waals surface area contributed by atoms with Crippen LogP contribution in [0.1, 0.15) is 78.3 Å².